The molecule has 2 atom stereocenters. The van der Waals surface area contributed by atoms with E-state index in [1.54, 1.807) is 38.1 Å². The molecule has 30 heavy (non-hydrogen) atoms. The van der Waals surface area contributed by atoms with Crippen LogP contribution in [0.15, 0.2) is 46.9 Å². The van der Waals surface area contributed by atoms with Crippen LogP contribution in [0.25, 0.3) is 17.0 Å². The lowest BCUT2D eigenvalue weighted by molar-refractivity contribution is -0.0396. The van der Waals surface area contributed by atoms with Crippen molar-refractivity contribution in [3.63, 3.8) is 0 Å². The Bertz CT molecular complexity index is 1090. The van der Waals surface area contributed by atoms with E-state index in [4.69, 9.17) is 4.42 Å². The molecular weight excluding hydrogens is 394 g/mol. The number of hydrogen-bond acceptors (Lipinski definition) is 2. The van der Waals surface area contributed by atoms with E-state index in [9.17, 15) is 8.78 Å². The van der Waals surface area contributed by atoms with Gasteiger partial charge in [0.25, 0.3) is 5.92 Å². The van der Waals surface area contributed by atoms with Crippen LogP contribution >= 0.6 is 0 Å². The zero-order valence-electron chi connectivity index (χ0n) is 17.1. The minimum absolute atomic E-state index is 0.264. The fourth-order valence-corrected chi connectivity index (χ4v) is 4.39. The van der Waals surface area contributed by atoms with Gasteiger partial charge in [0.05, 0.1) is 6.54 Å². The van der Waals surface area contributed by atoms with Crippen LogP contribution in [0.5, 0.6) is 0 Å². The summed E-state index contributed by atoms with van der Waals surface area (Å²) in [7, 11) is 0. The van der Waals surface area contributed by atoms with Gasteiger partial charge in [-0.3, -0.25) is 4.90 Å². The van der Waals surface area contributed by atoms with Crippen LogP contribution in [-0.2, 0) is 6.42 Å². The van der Waals surface area contributed by atoms with Crippen LogP contribution in [0.3, 0.4) is 0 Å². The number of alkyl halides is 2. The standard InChI is InChI=1S/C24H23F4NO/c1-4-7-15-11-18(25)21(19(26)12-15)22-23-17(16-8-5-6-9-20(16)30-23)10-14(2)29(22)13-24(3,27)28/h4-9,11-12,14,22H,10,13H2,1-3H3/b7-4+. The van der Waals surface area contributed by atoms with Crippen molar-refractivity contribution in [2.45, 2.75) is 45.2 Å². The first-order chi connectivity index (χ1) is 14.2. The molecule has 2 nitrogen and oxygen atoms in total. The summed E-state index contributed by atoms with van der Waals surface area (Å²) in [4.78, 5) is 1.45. The number of hydrogen-bond donors (Lipinski definition) is 0. The topological polar surface area (TPSA) is 16.4 Å². The van der Waals surface area contributed by atoms with Crippen LogP contribution in [0.4, 0.5) is 17.6 Å². The van der Waals surface area contributed by atoms with Crippen LogP contribution in [0, 0.1) is 11.6 Å². The Kier molecular flexibility index (Phi) is 5.22. The van der Waals surface area contributed by atoms with Crippen molar-refractivity contribution in [3.8, 4) is 0 Å². The first-order valence-electron chi connectivity index (χ1n) is 9.95. The van der Waals surface area contributed by atoms with Gasteiger partial charge in [-0.05, 0) is 44.0 Å². The third-order valence-corrected chi connectivity index (χ3v) is 5.57. The first kappa shape index (κ1) is 20.7. The maximum absolute atomic E-state index is 15.2. The molecule has 0 spiro atoms. The number of rotatable bonds is 4. The van der Waals surface area contributed by atoms with Crippen molar-refractivity contribution in [1.29, 1.82) is 0 Å². The molecule has 1 aliphatic rings. The molecule has 158 valence electrons. The number of para-hydroxylation sites is 1. The lowest BCUT2D eigenvalue weighted by Crippen LogP contribution is -2.47. The molecule has 2 aromatic carbocycles. The van der Waals surface area contributed by atoms with Gasteiger partial charge in [-0.2, -0.15) is 0 Å². The summed E-state index contributed by atoms with van der Waals surface area (Å²) >= 11 is 0. The normalized spacial score (nSPS) is 20.2. The summed E-state index contributed by atoms with van der Waals surface area (Å²) in [6, 6.07) is 8.33. The van der Waals surface area contributed by atoms with E-state index in [1.807, 2.05) is 12.1 Å². The predicted octanol–water partition coefficient (Wildman–Crippen LogP) is 6.74. The van der Waals surface area contributed by atoms with Gasteiger partial charge in [0, 0.05) is 29.5 Å². The van der Waals surface area contributed by atoms with E-state index in [1.165, 1.54) is 17.0 Å². The fourth-order valence-electron chi connectivity index (χ4n) is 4.39. The highest BCUT2D eigenvalue weighted by atomic mass is 19.3. The number of halogens is 4. The highest BCUT2D eigenvalue weighted by molar-refractivity contribution is 5.83. The zero-order chi connectivity index (χ0) is 21.6. The molecule has 4 rings (SSSR count). The van der Waals surface area contributed by atoms with E-state index < -0.39 is 30.1 Å². The predicted molar refractivity (Wildman–Crippen MR) is 110 cm³/mol. The molecule has 0 saturated heterocycles. The molecule has 0 radical (unpaired) electrons. The lowest BCUT2D eigenvalue weighted by Gasteiger charge is -2.41. The van der Waals surface area contributed by atoms with Gasteiger partial charge < -0.3 is 4.42 Å². The van der Waals surface area contributed by atoms with Crippen molar-refractivity contribution >= 4 is 17.0 Å². The molecule has 2 heterocycles. The van der Waals surface area contributed by atoms with Crippen molar-refractivity contribution in [2.75, 3.05) is 6.54 Å². The Morgan fingerprint density at radius 3 is 2.47 bits per heavy atom. The van der Waals surface area contributed by atoms with Gasteiger partial charge in [0.1, 0.15) is 29.0 Å². The van der Waals surface area contributed by atoms with E-state index in [2.05, 4.69) is 0 Å². The number of allylic oxidation sites excluding steroid dienone is 1. The summed E-state index contributed by atoms with van der Waals surface area (Å²) in [5.41, 5.74) is 1.50. The van der Waals surface area contributed by atoms with Crippen molar-refractivity contribution < 1.29 is 22.0 Å². The van der Waals surface area contributed by atoms with E-state index in [-0.39, 0.29) is 11.6 Å². The van der Waals surface area contributed by atoms with Crippen LogP contribution in [0.1, 0.15) is 49.3 Å². The summed E-state index contributed by atoms with van der Waals surface area (Å²) in [5.74, 6) is -4.26. The molecule has 3 aromatic rings. The molecular formula is C24H23F4NO. The molecule has 0 N–H and O–H groups in total. The second-order valence-electron chi connectivity index (χ2n) is 8.04. The highest BCUT2D eigenvalue weighted by Crippen LogP contribution is 2.45. The monoisotopic (exact) mass is 417 g/mol. The largest absolute Gasteiger partial charge is 0.459 e. The first-order valence-corrected chi connectivity index (χ1v) is 9.95. The SMILES string of the molecule is C/C=C/c1cc(F)c(C2c3oc4ccccc4c3CC(C)N2CC(C)(F)F)c(F)c1. The molecule has 1 aromatic heterocycles. The van der Waals surface area contributed by atoms with Gasteiger partial charge in [-0.25, -0.2) is 17.6 Å². The van der Waals surface area contributed by atoms with Crippen molar-refractivity contribution in [3.05, 3.63) is 76.6 Å². The minimum Gasteiger partial charge on any atom is -0.459 e. The maximum atomic E-state index is 15.2. The molecule has 0 saturated carbocycles. The van der Waals surface area contributed by atoms with Crippen molar-refractivity contribution in [1.82, 2.24) is 4.90 Å². The second-order valence-corrected chi connectivity index (χ2v) is 8.04. The Morgan fingerprint density at radius 1 is 1.17 bits per heavy atom. The molecule has 0 bridgehead atoms. The molecule has 0 amide bonds. The number of fused-ring (bicyclic) bond motifs is 3. The number of furan rings is 1. The van der Waals surface area contributed by atoms with E-state index >= 15 is 8.78 Å². The smallest absolute Gasteiger partial charge is 0.257 e. The maximum Gasteiger partial charge on any atom is 0.257 e. The van der Waals surface area contributed by atoms with Crippen LogP contribution in [0.2, 0.25) is 0 Å². The Hall–Kier alpha value is -2.60. The Labute approximate surface area is 172 Å². The van der Waals surface area contributed by atoms with E-state index in [0.29, 0.717) is 23.3 Å². The average Bonchev–Trinajstić information content (AvgIpc) is 3.01. The van der Waals surface area contributed by atoms with Gasteiger partial charge in [0.15, 0.2) is 0 Å². The van der Waals surface area contributed by atoms with Gasteiger partial charge >= 0.3 is 0 Å². The summed E-state index contributed by atoms with van der Waals surface area (Å²) < 4.78 is 64.4. The third-order valence-electron chi connectivity index (χ3n) is 5.57. The number of nitrogens with zero attached hydrogens (tertiary/aromatic N) is 1. The van der Waals surface area contributed by atoms with Gasteiger partial charge in [0.2, 0.25) is 0 Å². The Morgan fingerprint density at radius 2 is 1.83 bits per heavy atom. The Balaban J connectivity index is 1.96. The quantitative estimate of drug-likeness (QED) is 0.437. The van der Waals surface area contributed by atoms with Crippen LogP contribution in [-0.4, -0.2) is 23.4 Å². The minimum atomic E-state index is -3.03. The molecule has 0 aliphatic carbocycles. The summed E-state index contributed by atoms with van der Waals surface area (Å²) in [6.07, 6.45) is 3.72. The van der Waals surface area contributed by atoms with Gasteiger partial charge in [-0.1, -0.05) is 30.4 Å². The molecule has 2 unspecified atom stereocenters. The third kappa shape index (κ3) is 3.65. The van der Waals surface area contributed by atoms with E-state index in [0.717, 1.165) is 17.9 Å². The van der Waals surface area contributed by atoms with Crippen molar-refractivity contribution in [2.24, 2.45) is 0 Å². The summed E-state index contributed by atoms with van der Waals surface area (Å²) in [6.45, 7) is 3.73. The second kappa shape index (κ2) is 7.58. The molecule has 0 fully saturated rings. The zero-order valence-corrected chi connectivity index (χ0v) is 17.1. The fraction of sp³-hybridized carbons (Fsp3) is 0.333. The average molecular weight is 417 g/mol. The van der Waals surface area contributed by atoms with Gasteiger partial charge in [-0.15, -0.1) is 0 Å². The number of benzene rings is 2. The van der Waals surface area contributed by atoms with Crippen LogP contribution < -0.4 is 0 Å². The highest BCUT2D eigenvalue weighted by Gasteiger charge is 2.43. The summed E-state index contributed by atoms with van der Waals surface area (Å²) in [5, 5.41) is 0.846. The lowest BCUT2D eigenvalue weighted by atomic mass is 9.88. The molecule has 6 heteroatoms. The molecule has 1 aliphatic heterocycles.